The van der Waals surface area contributed by atoms with Gasteiger partial charge in [0.25, 0.3) is 0 Å². The minimum Gasteiger partial charge on any atom is -0.333 e. The molecule has 3 rings (SSSR count). The van der Waals surface area contributed by atoms with Gasteiger partial charge < -0.3 is 9.47 Å². The monoisotopic (exact) mass is 344 g/mol. The molecule has 1 aliphatic carbocycles. The quantitative estimate of drug-likeness (QED) is 0.752. The highest BCUT2D eigenvalue weighted by Gasteiger charge is 2.29. The lowest BCUT2D eigenvalue weighted by molar-refractivity contribution is -0.133. The first-order valence-corrected chi connectivity index (χ1v) is 9.30. The molecule has 24 heavy (non-hydrogen) atoms. The fourth-order valence-corrected chi connectivity index (χ4v) is 3.47. The number of nitrogens with zero attached hydrogens (tertiary/aromatic N) is 4. The van der Waals surface area contributed by atoms with Crippen molar-refractivity contribution in [2.75, 3.05) is 5.75 Å². The van der Waals surface area contributed by atoms with Crippen LogP contribution in [0.4, 0.5) is 0 Å². The first-order valence-electron chi connectivity index (χ1n) is 8.32. The van der Waals surface area contributed by atoms with Crippen molar-refractivity contribution in [3.05, 3.63) is 42.2 Å². The number of hydrogen-bond acceptors (Lipinski definition) is 4. The zero-order valence-corrected chi connectivity index (χ0v) is 15.3. The van der Waals surface area contributed by atoms with E-state index in [1.54, 1.807) is 6.33 Å². The van der Waals surface area contributed by atoms with E-state index >= 15 is 0 Å². The largest absolute Gasteiger partial charge is 0.333 e. The number of amides is 1. The van der Waals surface area contributed by atoms with Gasteiger partial charge in [-0.2, -0.15) is 0 Å². The zero-order valence-electron chi connectivity index (χ0n) is 14.5. The molecule has 2 aromatic rings. The van der Waals surface area contributed by atoms with E-state index in [4.69, 9.17) is 0 Å². The number of carbonyl (C=O) groups excluding carboxylic acids is 1. The maximum atomic E-state index is 12.8. The highest BCUT2D eigenvalue weighted by Crippen LogP contribution is 2.37. The van der Waals surface area contributed by atoms with Gasteiger partial charge in [0.1, 0.15) is 6.33 Å². The summed E-state index contributed by atoms with van der Waals surface area (Å²) in [4.78, 5) is 14.8. The summed E-state index contributed by atoms with van der Waals surface area (Å²) in [5, 5.41) is 9.00. The molecule has 5 nitrogen and oxygen atoms in total. The van der Waals surface area contributed by atoms with Gasteiger partial charge in [0.05, 0.1) is 5.75 Å². The normalized spacial score (nSPS) is 14.6. The van der Waals surface area contributed by atoms with Gasteiger partial charge in [-0.3, -0.25) is 4.79 Å². The predicted octanol–water partition coefficient (Wildman–Crippen LogP) is 3.53. The van der Waals surface area contributed by atoms with Crippen LogP contribution in [0.3, 0.4) is 0 Å². The van der Waals surface area contributed by atoms with Crippen LogP contribution < -0.4 is 0 Å². The summed E-state index contributed by atoms with van der Waals surface area (Å²) >= 11 is 1.48. The van der Waals surface area contributed by atoms with Crippen molar-refractivity contribution >= 4 is 17.7 Å². The first kappa shape index (κ1) is 17.0. The third-order valence-electron chi connectivity index (χ3n) is 4.10. The molecule has 1 aromatic carbocycles. The van der Waals surface area contributed by atoms with Crippen LogP contribution in [0.25, 0.3) is 0 Å². The molecule has 0 unspecified atom stereocenters. The van der Waals surface area contributed by atoms with E-state index in [0.717, 1.165) is 10.7 Å². The molecule has 0 aliphatic heterocycles. The van der Waals surface area contributed by atoms with Crippen molar-refractivity contribution in [2.45, 2.75) is 56.9 Å². The van der Waals surface area contributed by atoms with Crippen molar-refractivity contribution < 1.29 is 4.79 Å². The van der Waals surface area contributed by atoms with Gasteiger partial charge in [-0.25, -0.2) is 0 Å². The highest BCUT2D eigenvalue weighted by molar-refractivity contribution is 7.99. The molecular weight excluding hydrogens is 320 g/mol. The molecule has 0 saturated heterocycles. The predicted molar refractivity (Wildman–Crippen MR) is 95.8 cm³/mol. The molecule has 1 aromatic heterocycles. The topological polar surface area (TPSA) is 51.0 Å². The third kappa shape index (κ3) is 4.17. The SMILES string of the molecule is CC(C)(C)N(Cc1ccccc1)C(=O)CSc1nncn1C1CC1. The molecule has 6 heteroatoms. The van der Waals surface area contributed by atoms with E-state index in [-0.39, 0.29) is 11.4 Å². The highest BCUT2D eigenvalue weighted by atomic mass is 32.2. The summed E-state index contributed by atoms with van der Waals surface area (Å²) in [6.07, 6.45) is 4.14. The summed E-state index contributed by atoms with van der Waals surface area (Å²) in [6, 6.07) is 10.7. The van der Waals surface area contributed by atoms with Crippen LogP contribution >= 0.6 is 11.8 Å². The summed E-state index contributed by atoms with van der Waals surface area (Å²) < 4.78 is 2.09. The Morgan fingerprint density at radius 2 is 2.00 bits per heavy atom. The number of benzene rings is 1. The third-order valence-corrected chi connectivity index (χ3v) is 5.04. The number of aromatic nitrogens is 3. The standard InChI is InChI=1S/C18H24N4OS/c1-18(2,3)22(11-14-7-5-4-6-8-14)16(23)12-24-17-20-19-13-21(17)15-9-10-15/h4-8,13,15H,9-12H2,1-3H3. The second-order valence-electron chi connectivity index (χ2n) is 7.18. The van der Waals surface area contributed by atoms with Crippen LogP contribution in [0.15, 0.2) is 41.8 Å². The smallest absolute Gasteiger partial charge is 0.233 e. The zero-order chi connectivity index (χ0) is 17.2. The minimum absolute atomic E-state index is 0.127. The molecule has 1 amide bonds. The van der Waals surface area contributed by atoms with Crippen molar-refractivity contribution in [2.24, 2.45) is 0 Å². The van der Waals surface area contributed by atoms with Crippen molar-refractivity contribution in [1.29, 1.82) is 0 Å². The Hall–Kier alpha value is -1.82. The molecule has 0 spiro atoms. The molecule has 0 bridgehead atoms. The molecule has 0 radical (unpaired) electrons. The molecule has 1 fully saturated rings. The van der Waals surface area contributed by atoms with E-state index in [1.807, 2.05) is 23.1 Å². The Kier molecular flexibility index (Phi) is 4.94. The van der Waals surface area contributed by atoms with Crippen LogP contribution in [0, 0.1) is 0 Å². The summed E-state index contributed by atoms with van der Waals surface area (Å²) in [6.45, 7) is 6.85. The Balaban J connectivity index is 1.66. The summed E-state index contributed by atoms with van der Waals surface area (Å²) in [7, 11) is 0. The van der Waals surface area contributed by atoms with E-state index in [9.17, 15) is 4.79 Å². The maximum absolute atomic E-state index is 12.8. The summed E-state index contributed by atoms with van der Waals surface area (Å²) in [5.74, 6) is 0.511. The second-order valence-corrected chi connectivity index (χ2v) is 8.12. The van der Waals surface area contributed by atoms with Gasteiger partial charge in [0, 0.05) is 18.1 Å². The molecular formula is C18H24N4OS. The van der Waals surface area contributed by atoms with Crippen molar-refractivity contribution in [3.63, 3.8) is 0 Å². The van der Waals surface area contributed by atoms with Crippen LogP contribution in [0.5, 0.6) is 0 Å². The van der Waals surface area contributed by atoms with Crippen LogP contribution in [0.1, 0.15) is 45.2 Å². The number of rotatable bonds is 6. The summed E-state index contributed by atoms with van der Waals surface area (Å²) in [5.41, 5.74) is 0.921. The number of hydrogen-bond donors (Lipinski definition) is 0. The maximum Gasteiger partial charge on any atom is 0.233 e. The molecule has 0 atom stereocenters. The molecule has 0 N–H and O–H groups in total. The van der Waals surface area contributed by atoms with Crippen molar-refractivity contribution in [1.82, 2.24) is 19.7 Å². The van der Waals surface area contributed by atoms with E-state index < -0.39 is 0 Å². The fourth-order valence-electron chi connectivity index (χ4n) is 2.61. The van der Waals surface area contributed by atoms with Crippen molar-refractivity contribution in [3.8, 4) is 0 Å². The molecule has 1 aliphatic rings. The van der Waals surface area contributed by atoms with Crippen LogP contribution in [-0.2, 0) is 11.3 Å². The average Bonchev–Trinajstić information content (AvgIpc) is 3.28. The number of carbonyl (C=O) groups is 1. The second kappa shape index (κ2) is 6.97. The van der Waals surface area contributed by atoms with Gasteiger partial charge in [-0.05, 0) is 39.2 Å². The lowest BCUT2D eigenvalue weighted by atomic mass is 10.0. The van der Waals surface area contributed by atoms with Gasteiger partial charge in [0.2, 0.25) is 5.91 Å². The van der Waals surface area contributed by atoms with Gasteiger partial charge in [-0.1, -0.05) is 42.1 Å². The Morgan fingerprint density at radius 3 is 2.62 bits per heavy atom. The molecule has 128 valence electrons. The molecule has 1 saturated carbocycles. The van der Waals surface area contributed by atoms with Gasteiger partial charge in [-0.15, -0.1) is 10.2 Å². The number of thioether (sulfide) groups is 1. The Morgan fingerprint density at radius 1 is 1.29 bits per heavy atom. The Bertz CT molecular complexity index is 689. The minimum atomic E-state index is -0.225. The van der Waals surface area contributed by atoms with Crippen LogP contribution in [-0.4, -0.2) is 36.9 Å². The van der Waals surface area contributed by atoms with E-state index in [1.165, 1.54) is 24.6 Å². The average molecular weight is 344 g/mol. The first-order chi connectivity index (χ1) is 11.4. The van der Waals surface area contributed by atoms with Gasteiger partial charge in [0.15, 0.2) is 5.16 Å². The lowest BCUT2D eigenvalue weighted by Crippen LogP contribution is -2.45. The fraction of sp³-hybridized carbons (Fsp3) is 0.500. The van der Waals surface area contributed by atoms with Gasteiger partial charge >= 0.3 is 0 Å². The molecule has 1 heterocycles. The van der Waals surface area contributed by atoms with E-state index in [2.05, 4.69) is 47.7 Å². The lowest BCUT2D eigenvalue weighted by Gasteiger charge is -2.36. The Labute approximate surface area is 147 Å². The van der Waals surface area contributed by atoms with Crippen LogP contribution in [0.2, 0.25) is 0 Å². The van der Waals surface area contributed by atoms with E-state index in [0.29, 0.717) is 18.3 Å².